The third-order valence-electron chi connectivity index (χ3n) is 4.99. The summed E-state index contributed by atoms with van der Waals surface area (Å²) in [6.45, 7) is 0.801. The fraction of sp³-hybridized carbons (Fsp3) is 0.471. The first-order chi connectivity index (χ1) is 12.0. The molecule has 3 heterocycles. The standard InChI is InChI=1S/C17H19N3O5/c1-19-7-10(8-21)25-14-5-11-9(4-13(14)19)6-20(17(11)24)12-2-3-15(22)18-16(12)23/h4-5,10,12,21H,2-3,6-8H2,1H3,(H,18,22,23). The number of imide groups is 1. The van der Waals surface area contributed by atoms with Gasteiger partial charge >= 0.3 is 0 Å². The lowest BCUT2D eigenvalue weighted by atomic mass is 10.0. The first-order valence-electron chi connectivity index (χ1n) is 8.28. The number of aliphatic hydroxyl groups excluding tert-OH is 1. The van der Waals surface area contributed by atoms with Crippen LogP contribution >= 0.6 is 0 Å². The minimum absolute atomic E-state index is 0.1000. The number of anilines is 1. The lowest BCUT2D eigenvalue weighted by molar-refractivity contribution is -0.136. The van der Waals surface area contributed by atoms with E-state index in [0.29, 0.717) is 30.8 Å². The zero-order valence-electron chi connectivity index (χ0n) is 13.8. The number of aliphatic hydroxyl groups is 1. The number of piperidine rings is 1. The lowest BCUT2D eigenvalue weighted by Crippen LogP contribution is -2.52. The van der Waals surface area contributed by atoms with Crippen LogP contribution in [0.1, 0.15) is 28.8 Å². The summed E-state index contributed by atoms with van der Waals surface area (Å²) >= 11 is 0. The Hall–Kier alpha value is -2.61. The minimum Gasteiger partial charge on any atom is -0.484 e. The molecular weight excluding hydrogens is 326 g/mol. The van der Waals surface area contributed by atoms with Crippen molar-refractivity contribution in [1.29, 1.82) is 0 Å². The first kappa shape index (κ1) is 15.9. The van der Waals surface area contributed by atoms with E-state index in [2.05, 4.69) is 5.32 Å². The molecule has 2 N–H and O–H groups in total. The number of benzene rings is 1. The fourth-order valence-corrected chi connectivity index (χ4v) is 3.69. The number of hydrogen-bond donors (Lipinski definition) is 2. The predicted octanol–water partition coefficient (Wildman–Crippen LogP) is -0.363. The third-order valence-corrected chi connectivity index (χ3v) is 4.99. The second-order valence-corrected chi connectivity index (χ2v) is 6.68. The maximum atomic E-state index is 12.8. The number of nitrogens with zero attached hydrogens (tertiary/aromatic N) is 2. The van der Waals surface area contributed by atoms with E-state index in [1.807, 2.05) is 18.0 Å². The topological polar surface area (TPSA) is 99.2 Å². The predicted molar refractivity (Wildman–Crippen MR) is 87.3 cm³/mol. The molecular formula is C17H19N3O5. The molecule has 2 atom stereocenters. The molecule has 0 aliphatic carbocycles. The molecule has 4 rings (SSSR count). The van der Waals surface area contributed by atoms with E-state index in [-0.39, 0.29) is 30.9 Å². The van der Waals surface area contributed by atoms with Crippen LogP contribution in [0.2, 0.25) is 0 Å². The van der Waals surface area contributed by atoms with Crippen molar-refractivity contribution >= 4 is 23.4 Å². The highest BCUT2D eigenvalue weighted by Gasteiger charge is 2.40. The van der Waals surface area contributed by atoms with Crippen LogP contribution in [0.25, 0.3) is 0 Å². The molecule has 3 aliphatic heterocycles. The second kappa shape index (κ2) is 5.73. The maximum Gasteiger partial charge on any atom is 0.255 e. The molecule has 8 heteroatoms. The summed E-state index contributed by atoms with van der Waals surface area (Å²) in [6, 6.07) is 2.97. The summed E-state index contributed by atoms with van der Waals surface area (Å²) in [5, 5.41) is 11.6. The van der Waals surface area contributed by atoms with Gasteiger partial charge < -0.3 is 19.6 Å². The van der Waals surface area contributed by atoms with Gasteiger partial charge in [0.15, 0.2) is 0 Å². The Labute approximate surface area is 144 Å². The number of ether oxygens (including phenoxy) is 1. The van der Waals surface area contributed by atoms with Crippen molar-refractivity contribution in [2.75, 3.05) is 25.1 Å². The molecule has 0 spiro atoms. The Morgan fingerprint density at radius 2 is 2.12 bits per heavy atom. The molecule has 1 aromatic carbocycles. The van der Waals surface area contributed by atoms with E-state index < -0.39 is 11.9 Å². The SMILES string of the molecule is CN1CC(CO)Oc2cc3c(cc21)CN(C1CCC(=O)NC1=O)C3=O. The number of likely N-dealkylation sites (N-methyl/N-ethyl adjacent to an activating group) is 1. The van der Waals surface area contributed by atoms with Crippen molar-refractivity contribution in [1.82, 2.24) is 10.2 Å². The molecule has 1 aromatic rings. The summed E-state index contributed by atoms with van der Waals surface area (Å²) < 4.78 is 5.75. The highest BCUT2D eigenvalue weighted by atomic mass is 16.5. The number of carbonyl (C=O) groups excluding carboxylic acids is 3. The Morgan fingerprint density at radius 3 is 2.84 bits per heavy atom. The van der Waals surface area contributed by atoms with Gasteiger partial charge in [-0.1, -0.05) is 0 Å². The van der Waals surface area contributed by atoms with Crippen molar-refractivity contribution in [2.45, 2.75) is 31.5 Å². The minimum atomic E-state index is -0.626. The molecule has 0 radical (unpaired) electrons. The van der Waals surface area contributed by atoms with Crippen LogP contribution in [-0.2, 0) is 16.1 Å². The maximum absolute atomic E-state index is 12.8. The van der Waals surface area contributed by atoms with Crippen LogP contribution in [0.3, 0.4) is 0 Å². The van der Waals surface area contributed by atoms with Crippen molar-refractivity contribution in [3.63, 3.8) is 0 Å². The number of amides is 3. The van der Waals surface area contributed by atoms with Gasteiger partial charge in [0, 0.05) is 25.6 Å². The summed E-state index contributed by atoms with van der Waals surface area (Å²) in [6.07, 6.45) is 0.239. The number of carbonyl (C=O) groups is 3. The van der Waals surface area contributed by atoms with Crippen LogP contribution < -0.4 is 15.0 Å². The van der Waals surface area contributed by atoms with Gasteiger partial charge in [-0.15, -0.1) is 0 Å². The largest absolute Gasteiger partial charge is 0.484 e. The first-order valence-corrected chi connectivity index (χ1v) is 8.28. The molecule has 3 amide bonds. The number of hydrogen-bond acceptors (Lipinski definition) is 6. The number of nitrogens with one attached hydrogen (secondary N) is 1. The molecule has 1 saturated heterocycles. The highest BCUT2D eigenvalue weighted by Crippen LogP contribution is 2.39. The zero-order valence-corrected chi connectivity index (χ0v) is 13.8. The fourth-order valence-electron chi connectivity index (χ4n) is 3.69. The van der Waals surface area contributed by atoms with Crippen molar-refractivity contribution < 1.29 is 24.2 Å². The molecule has 25 heavy (non-hydrogen) atoms. The lowest BCUT2D eigenvalue weighted by Gasteiger charge is -2.33. The van der Waals surface area contributed by atoms with Crippen molar-refractivity contribution in [3.05, 3.63) is 23.3 Å². The van der Waals surface area contributed by atoms with Gasteiger partial charge in [-0.2, -0.15) is 0 Å². The van der Waals surface area contributed by atoms with Crippen LogP contribution in [0.4, 0.5) is 5.69 Å². The summed E-state index contributed by atoms with van der Waals surface area (Å²) in [5.41, 5.74) is 2.21. The summed E-state index contributed by atoms with van der Waals surface area (Å²) in [7, 11) is 1.91. The molecule has 132 valence electrons. The van der Waals surface area contributed by atoms with E-state index >= 15 is 0 Å². The van der Waals surface area contributed by atoms with Gasteiger partial charge in [0.05, 0.1) is 18.8 Å². The van der Waals surface area contributed by atoms with Crippen LogP contribution in [0.5, 0.6) is 5.75 Å². The molecule has 0 saturated carbocycles. The van der Waals surface area contributed by atoms with Gasteiger partial charge in [-0.3, -0.25) is 19.7 Å². The molecule has 2 unspecified atom stereocenters. The average molecular weight is 345 g/mol. The second-order valence-electron chi connectivity index (χ2n) is 6.68. The van der Waals surface area contributed by atoms with Gasteiger partial charge in [0.1, 0.15) is 17.9 Å². The third kappa shape index (κ3) is 2.53. The van der Waals surface area contributed by atoms with E-state index in [0.717, 1.165) is 11.3 Å². The van der Waals surface area contributed by atoms with Crippen LogP contribution in [-0.4, -0.2) is 60.1 Å². The summed E-state index contributed by atoms with van der Waals surface area (Å²) in [5.74, 6) is -0.392. The summed E-state index contributed by atoms with van der Waals surface area (Å²) in [4.78, 5) is 39.7. The Bertz CT molecular complexity index is 778. The zero-order chi connectivity index (χ0) is 17.7. The molecule has 0 aromatic heterocycles. The van der Waals surface area contributed by atoms with Crippen molar-refractivity contribution in [3.8, 4) is 5.75 Å². The normalized spacial score (nSPS) is 25.4. The quantitative estimate of drug-likeness (QED) is 0.710. The highest BCUT2D eigenvalue weighted by molar-refractivity contribution is 6.05. The van der Waals surface area contributed by atoms with E-state index in [1.165, 1.54) is 4.90 Å². The van der Waals surface area contributed by atoms with Gasteiger partial charge in [0.25, 0.3) is 5.91 Å². The Balaban J connectivity index is 1.64. The van der Waals surface area contributed by atoms with Crippen molar-refractivity contribution in [2.24, 2.45) is 0 Å². The smallest absolute Gasteiger partial charge is 0.255 e. The number of rotatable bonds is 2. The van der Waals surface area contributed by atoms with Gasteiger partial charge in [-0.05, 0) is 24.1 Å². The monoisotopic (exact) mass is 345 g/mol. The Morgan fingerprint density at radius 1 is 1.32 bits per heavy atom. The van der Waals surface area contributed by atoms with Crippen LogP contribution in [0.15, 0.2) is 12.1 Å². The van der Waals surface area contributed by atoms with Gasteiger partial charge in [-0.25, -0.2) is 0 Å². The molecule has 1 fully saturated rings. The number of fused-ring (bicyclic) bond motifs is 2. The van der Waals surface area contributed by atoms with E-state index in [4.69, 9.17) is 4.74 Å². The molecule has 3 aliphatic rings. The van der Waals surface area contributed by atoms with E-state index in [1.54, 1.807) is 6.07 Å². The van der Waals surface area contributed by atoms with Crippen LogP contribution in [0, 0.1) is 0 Å². The molecule has 8 nitrogen and oxygen atoms in total. The Kier molecular flexibility index (Phi) is 3.64. The molecule has 0 bridgehead atoms. The van der Waals surface area contributed by atoms with Gasteiger partial charge in [0.2, 0.25) is 11.8 Å². The van der Waals surface area contributed by atoms with E-state index in [9.17, 15) is 19.5 Å². The average Bonchev–Trinajstić information content (AvgIpc) is 2.89.